The number of aliphatic hydroxyl groups excluding tert-OH is 1. The molecule has 0 spiro atoms. The Morgan fingerprint density at radius 1 is 1.12 bits per heavy atom. The lowest BCUT2D eigenvalue weighted by Crippen LogP contribution is -2.47. The highest BCUT2D eigenvalue weighted by atomic mass is 16.5. The maximum Gasteiger partial charge on any atom is 0.0701 e. The van der Waals surface area contributed by atoms with Crippen molar-refractivity contribution in [3.63, 3.8) is 0 Å². The van der Waals surface area contributed by atoms with Crippen LogP contribution in [0.1, 0.15) is 25.7 Å². The average molecular weight is 228 g/mol. The van der Waals surface area contributed by atoms with Gasteiger partial charge in [-0.2, -0.15) is 0 Å². The van der Waals surface area contributed by atoms with Crippen molar-refractivity contribution >= 4 is 0 Å². The summed E-state index contributed by atoms with van der Waals surface area (Å²) in [6.45, 7) is 5.32. The van der Waals surface area contributed by atoms with E-state index in [-0.39, 0.29) is 6.61 Å². The first-order valence-electron chi connectivity index (χ1n) is 6.57. The summed E-state index contributed by atoms with van der Waals surface area (Å²) in [6, 6.07) is 0.792. The van der Waals surface area contributed by atoms with Crippen LogP contribution in [0.15, 0.2) is 0 Å². The van der Waals surface area contributed by atoms with Gasteiger partial charge >= 0.3 is 0 Å². The maximum absolute atomic E-state index is 8.71. The van der Waals surface area contributed by atoms with Crippen LogP contribution in [0.2, 0.25) is 0 Å². The third kappa shape index (κ3) is 3.42. The van der Waals surface area contributed by atoms with Crippen LogP contribution in [-0.4, -0.2) is 61.5 Å². The van der Waals surface area contributed by atoms with E-state index < -0.39 is 0 Å². The van der Waals surface area contributed by atoms with Gasteiger partial charge in [-0.05, 0) is 38.8 Å². The van der Waals surface area contributed by atoms with E-state index in [2.05, 4.69) is 10.2 Å². The van der Waals surface area contributed by atoms with Crippen molar-refractivity contribution in [3.05, 3.63) is 0 Å². The average Bonchev–Trinajstić information content (AvgIpc) is 2.38. The topological polar surface area (TPSA) is 44.7 Å². The van der Waals surface area contributed by atoms with Gasteiger partial charge in [0.15, 0.2) is 0 Å². The van der Waals surface area contributed by atoms with Gasteiger partial charge in [0.05, 0.1) is 19.3 Å². The van der Waals surface area contributed by atoms with Gasteiger partial charge in [-0.3, -0.25) is 0 Å². The molecule has 0 unspecified atom stereocenters. The molecule has 16 heavy (non-hydrogen) atoms. The summed E-state index contributed by atoms with van der Waals surface area (Å²) in [6.07, 6.45) is 5.23. The maximum atomic E-state index is 8.71. The minimum absolute atomic E-state index is 0.147. The SMILES string of the molecule is OCCOC1CCN(C2CCNCC2)CC1. The summed E-state index contributed by atoms with van der Waals surface area (Å²) < 4.78 is 5.58. The standard InChI is InChI=1S/C12H24N2O2/c15-9-10-16-12-3-7-14(8-4-12)11-1-5-13-6-2-11/h11-13,15H,1-10H2. The normalized spacial score (nSPS) is 26.1. The van der Waals surface area contributed by atoms with Crippen LogP contribution >= 0.6 is 0 Å². The van der Waals surface area contributed by atoms with E-state index in [0.29, 0.717) is 12.7 Å². The number of ether oxygens (including phenoxy) is 1. The quantitative estimate of drug-likeness (QED) is 0.722. The molecular formula is C12H24N2O2. The molecule has 0 aromatic rings. The first-order chi connectivity index (χ1) is 7.90. The molecule has 0 amide bonds. The minimum Gasteiger partial charge on any atom is -0.394 e. The summed E-state index contributed by atoms with van der Waals surface area (Å²) >= 11 is 0. The Hall–Kier alpha value is -0.160. The number of nitrogens with zero attached hydrogens (tertiary/aromatic N) is 1. The Morgan fingerprint density at radius 3 is 2.44 bits per heavy atom. The molecule has 0 atom stereocenters. The first-order valence-corrected chi connectivity index (χ1v) is 6.57. The number of nitrogens with one attached hydrogen (secondary N) is 1. The van der Waals surface area contributed by atoms with Gasteiger partial charge in [0, 0.05) is 19.1 Å². The van der Waals surface area contributed by atoms with Gasteiger partial charge < -0.3 is 20.1 Å². The Bertz CT molecular complexity index is 187. The van der Waals surface area contributed by atoms with Gasteiger partial charge in [-0.15, -0.1) is 0 Å². The second kappa shape index (κ2) is 6.55. The zero-order valence-corrected chi connectivity index (χ0v) is 10.0. The molecule has 2 aliphatic rings. The molecule has 4 nitrogen and oxygen atoms in total. The van der Waals surface area contributed by atoms with Crippen LogP contribution in [-0.2, 0) is 4.74 Å². The summed E-state index contributed by atoms with van der Waals surface area (Å²) in [7, 11) is 0. The number of piperidine rings is 2. The van der Waals surface area contributed by atoms with E-state index in [0.717, 1.165) is 18.9 Å². The third-order valence-electron chi connectivity index (χ3n) is 3.75. The molecule has 0 bridgehead atoms. The molecule has 0 aliphatic carbocycles. The summed E-state index contributed by atoms with van der Waals surface area (Å²) in [5.74, 6) is 0. The van der Waals surface area contributed by atoms with Gasteiger partial charge in [0.2, 0.25) is 0 Å². The van der Waals surface area contributed by atoms with Crippen LogP contribution in [0.4, 0.5) is 0 Å². The third-order valence-corrected chi connectivity index (χ3v) is 3.75. The van der Waals surface area contributed by atoms with E-state index in [1.165, 1.54) is 39.0 Å². The van der Waals surface area contributed by atoms with Crippen molar-refractivity contribution in [3.8, 4) is 0 Å². The Morgan fingerprint density at radius 2 is 1.81 bits per heavy atom. The number of rotatable bonds is 4. The lowest BCUT2D eigenvalue weighted by molar-refractivity contribution is -0.0176. The summed E-state index contributed by atoms with van der Waals surface area (Å²) in [5.41, 5.74) is 0. The predicted octanol–water partition coefficient (Wildman–Crippen LogP) is 0.212. The Labute approximate surface area is 98.0 Å². The Balaban J connectivity index is 1.67. The van der Waals surface area contributed by atoms with Gasteiger partial charge in [-0.1, -0.05) is 0 Å². The van der Waals surface area contributed by atoms with Gasteiger partial charge in [0.25, 0.3) is 0 Å². The fourth-order valence-electron chi connectivity index (χ4n) is 2.80. The van der Waals surface area contributed by atoms with Crippen molar-refractivity contribution in [1.29, 1.82) is 0 Å². The zero-order chi connectivity index (χ0) is 11.2. The molecule has 4 heteroatoms. The fraction of sp³-hybridized carbons (Fsp3) is 1.00. The number of hydrogen-bond acceptors (Lipinski definition) is 4. The van der Waals surface area contributed by atoms with Gasteiger partial charge in [0.1, 0.15) is 0 Å². The number of aliphatic hydroxyl groups is 1. The molecule has 0 radical (unpaired) electrons. The van der Waals surface area contributed by atoms with Gasteiger partial charge in [-0.25, -0.2) is 0 Å². The second-order valence-corrected chi connectivity index (χ2v) is 4.81. The highest BCUT2D eigenvalue weighted by Gasteiger charge is 2.26. The van der Waals surface area contributed by atoms with Crippen LogP contribution < -0.4 is 5.32 Å². The van der Waals surface area contributed by atoms with Crippen LogP contribution in [0.25, 0.3) is 0 Å². The fourth-order valence-corrected chi connectivity index (χ4v) is 2.80. The molecule has 2 heterocycles. The molecule has 2 N–H and O–H groups in total. The van der Waals surface area contributed by atoms with Crippen molar-refractivity contribution in [2.45, 2.75) is 37.8 Å². The van der Waals surface area contributed by atoms with Crippen molar-refractivity contribution in [1.82, 2.24) is 10.2 Å². The lowest BCUT2D eigenvalue weighted by Gasteiger charge is -2.39. The molecule has 2 aliphatic heterocycles. The second-order valence-electron chi connectivity index (χ2n) is 4.81. The van der Waals surface area contributed by atoms with Crippen LogP contribution in [0, 0.1) is 0 Å². The number of hydrogen-bond donors (Lipinski definition) is 2. The number of likely N-dealkylation sites (tertiary alicyclic amines) is 1. The van der Waals surface area contributed by atoms with E-state index in [4.69, 9.17) is 9.84 Å². The largest absolute Gasteiger partial charge is 0.394 e. The smallest absolute Gasteiger partial charge is 0.0701 e. The molecule has 2 fully saturated rings. The van der Waals surface area contributed by atoms with E-state index in [9.17, 15) is 0 Å². The van der Waals surface area contributed by atoms with Crippen molar-refractivity contribution in [2.75, 3.05) is 39.4 Å². The van der Waals surface area contributed by atoms with Crippen LogP contribution in [0.3, 0.4) is 0 Å². The highest BCUT2D eigenvalue weighted by molar-refractivity contribution is 4.82. The highest BCUT2D eigenvalue weighted by Crippen LogP contribution is 2.19. The lowest BCUT2D eigenvalue weighted by atomic mass is 10.00. The molecule has 0 aromatic heterocycles. The minimum atomic E-state index is 0.147. The first kappa shape index (κ1) is 12.3. The van der Waals surface area contributed by atoms with Crippen LogP contribution in [0.5, 0.6) is 0 Å². The summed E-state index contributed by atoms with van der Waals surface area (Å²) in [5, 5.41) is 12.1. The van der Waals surface area contributed by atoms with Crippen molar-refractivity contribution < 1.29 is 9.84 Å². The van der Waals surface area contributed by atoms with E-state index in [1.54, 1.807) is 0 Å². The molecular weight excluding hydrogens is 204 g/mol. The zero-order valence-electron chi connectivity index (χ0n) is 10.0. The Kier molecular flexibility index (Phi) is 5.03. The molecule has 94 valence electrons. The molecule has 2 saturated heterocycles. The predicted molar refractivity (Wildman–Crippen MR) is 63.5 cm³/mol. The summed E-state index contributed by atoms with van der Waals surface area (Å²) in [4.78, 5) is 2.62. The molecule has 0 aromatic carbocycles. The monoisotopic (exact) mass is 228 g/mol. The molecule has 2 rings (SSSR count). The van der Waals surface area contributed by atoms with E-state index in [1.807, 2.05) is 0 Å². The molecule has 0 saturated carbocycles. The van der Waals surface area contributed by atoms with E-state index >= 15 is 0 Å². The van der Waals surface area contributed by atoms with Crippen molar-refractivity contribution in [2.24, 2.45) is 0 Å².